The van der Waals surface area contributed by atoms with E-state index in [4.69, 9.17) is 5.73 Å². The van der Waals surface area contributed by atoms with E-state index in [-0.39, 0.29) is 0 Å². The summed E-state index contributed by atoms with van der Waals surface area (Å²) in [5.41, 5.74) is 5.53. The van der Waals surface area contributed by atoms with Crippen LogP contribution < -0.4 is 11.1 Å². The topological polar surface area (TPSA) is 63.8 Å². The van der Waals surface area contributed by atoms with Gasteiger partial charge in [0.25, 0.3) is 0 Å². The normalized spacial score (nSPS) is 10.3. The van der Waals surface area contributed by atoms with Gasteiger partial charge in [0.1, 0.15) is 11.6 Å². The molecule has 4 nitrogen and oxygen atoms in total. The highest BCUT2D eigenvalue weighted by atomic mass is 32.2. The summed E-state index contributed by atoms with van der Waals surface area (Å²) in [6.45, 7) is 0.942. The minimum Gasteiger partial charge on any atom is -0.382 e. The molecule has 0 aliphatic carbocycles. The van der Waals surface area contributed by atoms with Gasteiger partial charge >= 0.3 is 0 Å². The van der Waals surface area contributed by atoms with Gasteiger partial charge in [-0.2, -0.15) is 11.8 Å². The predicted octanol–water partition coefficient (Wildman–Crippen LogP) is 2.39. The maximum atomic E-state index is 5.53. The summed E-state index contributed by atoms with van der Waals surface area (Å²) in [4.78, 5) is 8.09. The van der Waals surface area contributed by atoms with Gasteiger partial charge in [0.05, 0.1) is 12.4 Å². The van der Waals surface area contributed by atoms with Crippen LogP contribution in [0, 0.1) is 0 Å². The molecule has 16 heavy (non-hydrogen) atoms. The number of thioether (sulfide) groups is 1. The van der Waals surface area contributed by atoms with Crippen LogP contribution in [0.3, 0.4) is 0 Å². The third kappa shape index (κ3) is 5.80. The summed E-state index contributed by atoms with van der Waals surface area (Å²) >= 11 is 1.92. The molecule has 0 aromatic carbocycles. The molecule has 0 amide bonds. The van der Waals surface area contributed by atoms with Gasteiger partial charge in [-0.15, -0.1) is 0 Å². The number of hydrogen-bond donors (Lipinski definition) is 2. The summed E-state index contributed by atoms with van der Waals surface area (Å²) in [7, 11) is 0. The second-order valence-electron chi connectivity index (χ2n) is 3.66. The van der Waals surface area contributed by atoms with Gasteiger partial charge in [-0.3, -0.25) is 4.98 Å². The zero-order valence-corrected chi connectivity index (χ0v) is 10.6. The van der Waals surface area contributed by atoms with Gasteiger partial charge < -0.3 is 11.1 Å². The van der Waals surface area contributed by atoms with Crippen LogP contribution in [0.5, 0.6) is 0 Å². The Morgan fingerprint density at radius 1 is 1.25 bits per heavy atom. The lowest BCUT2D eigenvalue weighted by Crippen LogP contribution is -2.05. The van der Waals surface area contributed by atoms with E-state index in [0.29, 0.717) is 5.82 Å². The number of nitrogen functional groups attached to an aromatic ring is 1. The molecule has 0 bridgehead atoms. The van der Waals surface area contributed by atoms with Crippen molar-refractivity contribution in [2.24, 2.45) is 0 Å². The van der Waals surface area contributed by atoms with Crippen LogP contribution in [0.2, 0.25) is 0 Å². The molecule has 0 aliphatic heterocycles. The van der Waals surface area contributed by atoms with Crippen molar-refractivity contribution >= 4 is 23.4 Å². The Morgan fingerprint density at radius 2 is 2.06 bits per heavy atom. The van der Waals surface area contributed by atoms with Crippen LogP contribution in [0.25, 0.3) is 0 Å². The number of rotatable bonds is 8. The molecule has 0 unspecified atom stereocenters. The first-order valence-corrected chi connectivity index (χ1v) is 7.02. The van der Waals surface area contributed by atoms with Crippen molar-refractivity contribution < 1.29 is 0 Å². The van der Waals surface area contributed by atoms with E-state index in [1.54, 1.807) is 12.4 Å². The van der Waals surface area contributed by atoms with Crippen molar-refractivity contribution in [1.29, 1.82) is 0 Å². The fourth-order valence-corrected chi connectivity index (χ4v) is 1.90. The minimum atomic E-state index is 0.463. The Bertz CT molecular complexity index is 293. The molecular weight excluding hydrogens is 220 g/mol. The molecule has 0 saturated carbocycles. The number of unbranched alkanes of at least 4 members (excludes halogenated alkanes) is 3. The van der Waals surface area contributed by atoms with E-state index >= 15 is 0 Å². The zero-order chi connectivity index (χ0) is 11.6. The van der Waals surface area contributed by atoms with Gasteiger partial charge in [0.15, 0.2) is 0 Å². The standard InChI is InChI=1S/C11H20N4S/c1-16-7-5-3-2-4-6-14-11-9-13-8-10(12)15-11/h8-9H,2-7H2,1H3,(H3,12,14,15). The van der Waals surface area contributed by atoms with Gasteiger partial charge in [-0.25, -0.2) is 4.98 Å². The van der Waals surface area contributed by atoms with Crippen molar-refractivity contribution in [2.75, 3.05) is 29.6 Å². The molecule has 0 spiro atoms. The highest BCUT2D eigenvalue weighted by molar-refractivity contribution is 7.98. The molecule has 0 fully saturated rings. The average molecular weight is 240 g/mol. The number of anilines is 2. The van der Waals surface area contributed by atoms with Gasteiger partial charge in [0.2, 0.25) is 0 Å². The highest BCUT2D eigenvalue weighted by Gasteiger charge is 1.94. The second-order valence-corrected chi connectivity index (χ2v) is 4.65. The number of nitrogens with one attached hydrogen (secondary N) is 1. The Balaban J connectivity index is 2.03. The fraction of sp³-hybridized carbons (Fsp3) is 0.636. The molecule has 0 saturated heterocycles. The van der Waals surface area contributed by atoms with Crippen LogP contribution in [-0.4, -0.2) is 28.5 Å². The molecule has 1 heterocycles. The molecule has 1 rings (SSSR count). The van der Waals surface area contributed by atoms with Crippen molar-refractivity contribution in [3.63, 3.8) is 0 Å². The van der Waals surface area contributed by atoms with E-state index in [1.165, 1.54) is 31.4 Å². The first-order chi connectivity index (χ1) is 7.83. The average Bonchev–Trinajstić information content (AvgIpc) is 2.28. The largest absolute Gasteiger partial charge is 0.382 e. The van der Waals surface area contributed by atoms with E-state index in [9.17, 15) is 0 Å². The lowest BCUT2D eigenvalue weighted by atomic mass is 10.2. The molecule has 3 N–H and O–H groups in total. The van der Waals surface area contributed by atoms with Gasteiger partial charge in [-0.05, 0) is 24.9 Å². The maximum absolute atomic E-state index is 5.53. The lowest BCUT2D eigenvalue weighted by molar-refractivity contribution is 0.688. The molecule has 1 aromatic heterocycles. The first kappa shape index (κ1) is 13.1. The third-order valence-corrected chi connectivity index (χ3v) is 2.93. The molecular formula is C11H20N4S. The lowest BCUT2D eigenvalue weighted by Gasteiger charge is -2.05. The monoisotopic (exact) mass is 240 g/mol. The van der Waals surface area contributed by atoms with E-state index < -0.39 is 0 Å². The van der Waals surface area contributed by atoms with Crippen molar-refractivity contribution in [1.82, 2.24) is 9.97 Å². The third-order valence-electron chi connectivity index (χ3n) is 2.23. The molecule has 0 aliphatic rings. The Hall–Kier alpha value is -0.970. The Morgan fingerprint density at radius 3 is 2.81 bits per heavy atom. The predicted molar refractivity (Wildman–Crippen MR) is 71.8 cm³/mol. The van der Waals surface area contributed by atoms with Crippen LogP contribution in [-0.2, 0) is 0 Å². The Kier molecular flexibility index (Phi) is 6.72. The number of nitrogens with two attached hydrogens (primary N) is 1. The second kappa shape index (κ2) is 8.21. The van der Waals surface area contributed by atoms with E-state index in [1.807, 2.05) is 11.8 Å². The van der Waals surface area contributed by atoms with Gasteiger partial charge in [0, 0.05) is 6.54 Å². The summed E-state index contributed by atoms with van der Waals surface area (Å²) in [6.07, 6.45) is 10.5. The fourth-order valence-electron chi connectivity index (χ4n) is 1.41. The van der Waals surface area contributed by atoms with Crippen LogP contribution in [0.1, 0.15) is 25.7 Å². The van der Waals surface area contributed by atoms with E-state index in [2.05, 4.69) is 21.5 Å². The Labute approximate surface area is 101 Å². The highest BCUT2D eigenvalue weighted by Crippen LogP contribution is 2.06. The van der Waals surface area contributed by atoms with Crippen molar-refractivity contribution in [3.8, 4) is 0 Å². The SMILES string of the molecule is CSCCCCCCNc1cncc(N)n1. The quantitative estimate of drug-likeness (QED) is 0.683. The first-order valence-electron chi connectivity index (χ1n) is 5.63. The molecule has 5 heteroatoms. The molecule has 0 atom stereocenters. The molecule has 90 valence electrons. The minimum absolute atomic E-state index is 0.463. The zero-order valence-electron chi connectivity index (χ0n) is 9.78. The van der Waals surface area contributed by atoms with Crippen LogP contribution >= 0.6 is 11.8 Å². The van der Waals surface area contributed by atoms with Crippen molar-refractivity contribution in [2.45, 2.75) is 25.7 Å². The van der Waals surface area contributed by atoms with Crippen LogP contribution in [0.4, 0.5) is 11.6 Å². The summed E-state index contributed by atoms with van der Waals surface area (Å²) < 4.78 is 0. The van der Waals surface area contributed by atoms with E-state index in [0.717, 1.165) is 12.4 Å². The maximum Gasteiger partial charge on any atom is 0.146 e. The van der Waals surface area contributed by atoms with Gasteiger partial charge in [-0.1, -0.05) is 12.8 Å². The molecule has 0 radical (unpaired) electrons. The summed E-state index contributed by atoms with van der Waals surface area (Å²) in [6, 6.07) is 0. The molecule has 1 aromatic rings. The van der Waals surface area contributed by atoms with Crippen LogP contribution in [0.15, 0.2) is 12.4 Å². The summed E-state index contributed by atoms with van der Waals surface area (Å²) in [5.74, 6) is 2.50. The van der Waals surface area contributed by atoms with Crippen molar-refractivity contribution in [3.05, 3.63) is 12.4 Å². The number of aromatic nitrogens is 2. The number of nitrogens with zero attached hydrogens (tertiary/aromatic N) is 2. The smallest absolute Gasteiger partial charge is 0.146 e. The summed E-state index contributed by atoms with van der Waals surface area (Å²) in [5, 5.41) is 3.22. The number of hydrogen-bond acceptors (Lipinski definition) is 5.